The van der Waals surface area contributed by atoms with E-state index in [1.165, 1.54) is 11.1 Å². The lowest BCUT2D eigenvalue weighted by Gasteiger charge is -2.14. The summed E-state index contributed by atoms with van der Waals surface area (Å²) in [7, 11) is 0. The molecule has 0 N–H and O–H groups in total. The largest absolute Gasteiger partial charge is 0.456 e. The van der Waals surface area contributed by atoms with E-state index in [2.05, 4.69) is 83.8 Å². The summed E-state index contributed by atoms with van der Waals surface area (Å²) in [6.45, 7) is 0. The van der Waals surface area contributed by atoms with Gasteiger partial charge >= 0.3 is 0 Å². The zero-order valence-electron chi connectivity index (χ0n) is 17.7. The van der Waals surface area contributed by atoms with Crippen LogP contribution in [0, 0.1) is 0 Å². The van der Waals surface area contributed by atoms with Gasteiger partial charge in [-0.1, -0.05) is 72.8 Å². The minimum Gasteiger partial charge on any atom is -0.456 e. The predicted molar refractivity (Wildman–Crippen MR) is 135 cm³/mol. The SMILES string of the molecule is c1ccc(-c2cccc3ccc4nccnc4c23)c(-c2ccc3oc4ccccc4c3c2)c1. The fraction of sp³-hybridized carbons (Fsp3) is 0. The van der Waals surface area contributed by atoms with Crippen LogP contribution in [0.5, 0.6) is 0 Å². The molecule has 0 saturated heterocycles. The molecular weight excluding hydrogens is 404 g/mol. The van der Waals surface area contributed by atoms with E-state index < -0.39 is 0 Å². The van der Waals surface area contributed by atoms with Crippen LogP contribution < -0.4 is 0 Å². The van der Waals surface area contributed by atoms with E-state index in [0.29, 0.717) is 0 Å². The quantitative estimate of drug-likeness (QED) is 0.265. The summed E-state index contributed by atoms with van der Waals surface area (Å²) in [5.41, 5.74) is 8.32. The first kappa shape index (κ1) is 18.1. The molecule has 2 heterocycles. The van der Waals surface area contributed by atoms with Crippen LogP contribution in [0.4, 0.5) is 0 Å². The van der Waals surface area contributed by atoms with E-state index in [-0.39, 0.29) is 0 Å². The van der Waals surface area contributed by atoms with Gasteiger partial charge in [-0.15, -0.1) is 0 Å². The van der Waals surface area contributed by atoms with Crippen molar-refractivity contribution in [3.8, 4) is 22.3 Å². The summed E-state index contributed by atoms with van der Waals surface area (Å²) >= 11 is 0. The molecule has 0 bridgehead atoms. The third-order valence-corrected chi connectivity index (χ3v) is 6.39. The van der Waals surface area contributed by atoms with Gasteiger partial charge in [0.25, 0.3) is 0 Å². The Labute approximate surface area is 190 Å². The zero-order valence-corrected chi connectivity index (χ0v) is 17.7. The molecule has 5 aromatic carbocycles. The molecule has 0 fully saturated rings. The van der Waals surface area contributed by atoms with Gasteiger partial charge in [0.1, 0.15) is 11.2 Å². The Bertz CT molecular complexity index is 1830. The Morgan fingerprint density at radius 3 is 2.30 bits per heavy atom. The van der Waals surface area contributed by atoms with Crippen molar-refractivity contribution in [1.82, 2.24) is 9.97 Å². The maximum absolute atomic E-state index is 6.05. The number of hydrogen-bond acceptors (Lipinski definition) is 3. The summed E-state index contributed by atoms with van der Waals surface area (Å²) in [4.78, 5) is 9.22. The van der Waals surface area contributed by atoms with Crippen molar-refractivity contribution in [2.45, 2.75) is 0 Å². The highest BCUT2D eigenvalue weighted by atomic mass is 16.3. The summed E-state index contributed by atoms with van der Waals surface area (Å²) in [6.07, 6.45) is 3.51. The molecule has 154 valence electrons. The first-order valence-corrected chi connectivity index (χ1v) is 11.0. The van der Waals surface area contributed by atoms with Crippen molar-refractivity contribution in [2.75, 3.05) is 0 Å². The van der Waals surface area contributed by atoms with E-state index in [1.807, 2.05) is 18.2 Å². The normalized spacial score (nSPS) is 11.6. The van der Waals surface area contributed by atoms with Crippen molar-refractivity contribution in [3.63, 3.8) is 0 Å². The number of benzene rings is 5. The van der Waals surface area contributed by atoms with E-state index in [4.69, 9.17) is 9.40 Å². The van der Waals surface area contributed by atoms with Gasteiger partial charge in [0.15, 0.2) is 0 Å². The lowest BCUT2D eigenvalue weighted by molar-refractivity contribution is 0.669. The molecule has 0 unspecified atom stereocenters. The maximum Gasteiger partial charge on any atom is 0.135 e. The van der Waals surface area contributed by atoms with Crippen LogP contribution in [-0.2, 0) is 0 Å². The van der Waals surface area contributed by atoms with Gasteiger partial charge in [-0.25, -0.2) is 0 Å². The lowest BCUT2D eigenvalue weighted by Crippen LogP contribution is -1.90. The third-order valence-electron chi connectivity index (χ3n) is 6.39. The summed E-state index contributed by atoms with van der Waals surface area (Å²) in [5, 5.41) is 4.56. The minimum atomic E-state index is 0.904. The molecule has 0 aliphatic heterocycles. The molecule has 0 aliphatic carbocycles. The molecule has 7 rings (SSSR count). The van der Waals surface area contributed by atoms with Gasteiger partial charge in [-0.3, -0.25) is 9.97 Å². The number of furan rings is 1. The first-order valence-electron chi connectivity index (χ1n) is 11.0. The van der Waals surface area contributed by atoms with E-state index >= 15 is 0 Å². The second-order valence-electron chi connectivity index (χ2n) is 8.25. The Morgan fingerprint density at radius 1 is 0.545 bits per heavy atom. The lowest BCUT2D eigenvalue weighted by atomic mass is 9.90. The molecule has 3 nitrogen and oxygen atoms in total. The standard InChI is InChI=1S/C30H18N2O/c1-2-8-22(24-10-5-6-19-12-14-26-30(29(19)24)32-17-16-31-26)21(7-1)20-13-15-28-25(18-20)23-9-3-4-11-27(23)33-28/h1-18H. The maximum atomic E-state index is 6.05. The highest BCUT2D eigenvalue weighted by Gasteiger charge is 2.14. The monoisotopic (exact) mass is 422 g/mol. The summed E-state index contributed by atoms with van der Waals surface area (Å²) in [5.74, 6) is 0. The van der Waals surface area contributed by atoms with Crippen LogP contribution in [0.15, 0.2) is 114 Å². The number of nitrogens with zero attached hydrogens (tertiary/aromatic N) is 2. The van der Waals surface area contributed by atoms with E-state index in [0.717, 1.165) is 54.9 Å². The molecular formula is C30H18N2O. The average molecular weight is 422 g/mol. The summed E-state index contributed by atoms with van der Waals surface area (Å²) in [6, 6.07) is 33.8. The van der Waals surface area contributed by atoms with E-state index in [9.17, 15) is 0 Å². The van der Waals surface area contributed by atoms with E-state index in [1.54, 1.807) is 12.4 Å². The molecule has 7 aromatic rings. The Balaban J connectivity index is 1.52. The number of aromatic nitrogens is 2. The highest BCUT2D eigenvalue weighted by Crippen LogP contribution is 2.40. The van der Waals surface area contributed by atoms with Gasteiger partial charge < -0.3 is 4.42 Å². The number of hydrogen-bond donors (Lipinski definition) is 0. The number of para-hydroxylation sites is 1. The molecule has 0 aliphatic rings. The molecule has 0 saturated carbocycles. The Hall–Kier alpha value is -4.50. The second kappa shape index (κ2) is 7.01. The van der Waals surface area contributed by atoms with Crippen molar-refractivity contribution in [3.05, 3.63) is 109 Å². The smallest absolute Gasteiger partial charge is 0.135 e. The molecule has 33 heavy (non-hydrogen) atoms. The van der Waals surface area contributed by atoms with Crippen LogP contribution >= 0.6 is 0 Å². The van der Waals surface area contributed by atoms with Crippen molar-refractivity contribution < 1.29 is 4.42 Å². The van der Waals surface area contributed by atoms with Crippen molar-refractivity contribution in [2.24, 2.45) is 0 Å². The van der Waals surface area contributed by atoms with Crippen LogP contribution in [0.3, 0.4) is 0 Å². The Kier molecular flexibility index (Phi) is 3.84. The highest BCUT2D eigenvalue weighted by molar-refractivity contribution is 6.13. The van der Waals surface area contributed by atoms with Gasteiger partial charge in [0.05, 0.1) is 11.0 Å². The third kappa shape index (κ3) is 2.76. The molecule has 0 radical (unpaired) electrons. The number of rotatable bonds is 2. The average Bonchev–Trinajstić information content (AvgIpc) is 3.26. The minimum absolute atomic E-state index is 0.904. The molecule has 2 aromatic heterocycles. The summed E-state index contributed by atoms with van der Waals surface area (Å²) < 4.78 is 6.05. The van der Waals surface area contributed by atoms with Crippen molar-refractivity contribution in [1.29, 1.82) is 0 Å². The fourth-order valence-corrected chi connectivity index (χ4v) is 4.89. The molecule has 0 spiro atoms. The molecule has 0 amide bonds. The van der Waals surface area contributed by atoms with Gasteiger partial charge in [-0.2, -0.15) is 0 Å². The van der Waals surface area contributed by atoms with Gasteiger partial charge in [-0.05, 0) is 51.9 Å². The van der Waals surface area contributed by atoms with Crippen LogP contribution in [0.1, 0.15) is 0 Å². The fourth-order valence-electron chi connectivity index (χ4n) is 4.89. The molecule has 3 heteroatoms. The van der Waals surface area contributed by atoms with Gasteiger partial charge in [0, 0.05) is 28.6 Å². The first-order chi connectivity index (χ1) is 16.4. The zero-order chi connectivity index (χ0) is 21.8. The number of fused-ring (bicyclic) bond motifs is 6. The van der Waals surface area contributed by atoms with Gasteiger partial charge in [0.2, 0.25) is 0 Å². The second-order valence-corrected chi connectivity index (χ2v) is 8.25. The Morgan fingerprint density at radius 2 is 1.33 bits per heavy atom. The van der Waals surface area contributed by atoms with Crippen molar-refractivity contribution >= 4 is 43.7 Å². The topological polar surface area (TPSA) is 38.9 Å². The van der Waals surface area contributed by atoms with Crippen LogP contribution in [-0.4, -0.2) is 9.97 Å². The van der Waals surface area contributed by atoms with Crippen LogP contribution in [0.2, 0.25) is 0 Å². The molecule has 0 atom stereocenters. The van der Waals surface area contributed by atoms with Crippen LogP contribution in [0.25, 0.3) is 66.0 Å². The predicted octanol–water partition coefficient (Wildman–Crippen LogP) is 8.02.